The van der Waals surface area contributed by atoms with Crippen LogP contribution in [0.4, 0.5) is 0 Å². The van der Waals surface area contributed by atoms with Crippen LogP contribution in [-0.4, -0.2) is 40.6 Å². The maximum absolute atomic E-state index is 13.1. The predicted molar refractivity (Wildman–Crippen MR) is 153 cm³/mol. The van der Waals surface area contributed by atoms with Gasteiger partial charge >= 0.3 is 5.97 Å². The number of aryl methyl sites for hydroxylation is 1. The quantitative estimate of drug-likeness (QED) is 0.284. The van der Waals surface area contributed by atoms with Crippen molar-refractivity contribution >= 4 is 33.5 Å². The number of halogens is 1. The summed E-state index contributed by atoms with van der Waals surface area (Å²) in [5.41, 5.74) is 1.84. The summed E-state index contributed by atoms with van der Waals surface area (Å²) in [6, 6.07) is 13.7. The Morgan fingerprint density at radius 3 is 2.38 bits per heavy atom. The van der Waals surface area contributed by atoms with Crippen molar-refractivity contribution in [2.45, 2.75) is 83.4 Å². The summed E-state index contributed by atoms with van der Waals surface area (Å²) in [6.45, 7) is 7.44. The highest BCUT2D eigenvalue weighted by atomic mass is 35.5. The van der Waals surface area contributed by atoms with Gasteiger partial charge in [-0.15, -0.1) is 0 Å². The van der Waals surface area contributed by atoms with Gasteiger partial charge in [-0.2, -0.15) is 0 Å². The number of carbonyl (C=O) groups is 2. The van der Waals surface area contributed by atoms with E-state index in [1.54, 1.807) is 51.1 Å². The van der Waals surface area contributed by atoms with Crippen molar-refractivity contribution in [3.8, 4) is 11.1 Å². The molecule has 0 spiro atoms. The third-order valence-corrected chi connectivity index (χ3v) is 7.75. The molecule has 0 aliphatic heterocycles. The Balaban J connectivity index is 1.78. The summed E-state index contributed by atoms with van der Waals surface area (Å²) in [7, 11) is -4.21. The number of sulfonamides is 1. The molecule has 1 amide bonds. The Morgan fingerprint density at radius 1 is 1.07 bits per heavy atom. The van der Waals surface area contributed by atoms with Crippen molar-refractivity contribution in [2.75, 3.05) is 0 Å². The summed E-state index contributed by atoms with van der Waals surface area (Å²) in [4.78, 5) is 28.7. The van der Waals surface area contributed by atoms with Crippen LogP contribution in [0.2, 0.25) is 5.15 Å². The number of hydrogen-bond acceptors (Lipinski definition) is 7. The van der Waals surface area contributed by atoms with Crippen LogP contribution in [0, 0.1) is 0 Å². The molecular weight excluding hydrogens is 554 g/mol. The first kappa shape index (κ1) is 31.3. The molecule has 0 aliphatic carbocycles. The van der Waals surface area contributed by atoms with Gasteiger partial charge < -0.3 is 14.4 Å². The minimum atomic E-state index is -4.21. The van der Waals surface area contributed by atoms with Gasteiger partial charge in [-0.25, -0.2) is 18.1 Å². The van der Waals surface area contributed by atoms with Gasteiger partial charge in [0.2, 0.25) is 5.91 Å². The topological polar surface area (TPSA) is 128 Å². The lowest BCUT2D eigenvalue weighted by molar-refractivity contribution is -0.155. The second kappa shape index (κ2) is 13.4. The second-order valence-corrected chi connectivity index (χ2v) is 12.4. The van der Waals surface area contributed by atoms with Crippen LogP contribution >= 0.6 is 11.6 Å². The summed E-state index contributed by atoms with van der Waals surface area (Å²) < 4.78 is 35.4. The molecule has 2 aromatic carbocycles. The van der Waals surface area contributed by atoms with Gasteiger partial charge in [0.25, 0.3) is 10.0 Å². The molecule has 0 unspecified atom stereocenters. The zero-order chi connectivity index (χ0) is 29.5. The van der Waals surface area contributed by atoms with E-state index in [0.717, 1.165) is 30.7 Å². The molecule has 9 nitrogen and oxygen atoms in total. The number of nitrogens with zero attached hydrogens (tertiary/aromatic N) is 2. The molecule has 0 bridgehead atoms. The number of benzene rings is 2. The summed E-state index contributed by atoms with van der Waals surface area (Å²) in [5, 5.41) is 10.1. The number of amides is 1. The second-order valence-electron chi connectivity index (χ2n) is 10.4. The average molecular weight is 590 g/mol. The molecule has 0 saturated carbocycles. The molecule has 11 heteroatoms. The highest BCUT2D eigenvalue weighted by Crippen LogP contribution is 2.28. The molecule has 2 N–H and O–H groups in total. The number of ether oxygens (including phenoxy) is 1. The third kappa shape index (κ3) is 8.39. The minimum Gasteiger partial charge on any atom is -0.460 e. The molecule has 40 heavy (non-hydrogen) atoms. The Bertz CT molecular complexity index is 1440. The maximum atomic E-state index is 13.1. The normalized spacial score (nSPS) is 11.8. The first-order valence-electron chi connectivity index (χ1n) is 13.1. The van der Waals surface area contributed by atoms with E-state index in [0.29, 0.717) is 23.4 Å². The Labute approximate surface area is 240 Å². The van der Waals surface area contributed by atoms with Gasteiger partial charge in [-0.05, 0) is 44.4 Å². The lowest BCUT2D eigenvalue weighted by Crippen LogP contribution is -2.32. The highest BCUT2D eigenvalue weighted by Gasteiger charge is 2.23. The van der Waals surface area contributed by atoms with Crippen molar-refractivity contribution in [2.24, 2.45) is 0 Å². The van der Waals surface area contributed by atoms with Crippen LogP contribution in [0.5, 0.6) is 0 Å². The van der Waals surface area contributed by atoms with Crippen molar-refractivity contribution in [1.29, 1.82) is 0 Å². The molecule has 0 atom stereocenters. The number of hydrogen-bond donors (Lipinski definition) is 2. The molecular formula is C29H36ClN3O6S. The summed E-state index contributed by atoms with van der Waals surface area (Å²) in [6.07, 6.45) is 2.13. The van der Waals surface area contributed by atoms with Crippen LogP contribution in [0.3, 0.4) is 0 Å². The van der Waals surface area contributed by atoms with Gasteiger partial charge in [-0.3, -0.25) is 9.59 Å². The fourth-order valence-electron chi connectivity index (χ4n) is 4.14. The number of imidazole rings is 1. The summed E-state index contributed by atoms with van der Waals surface area (Å²) >= 11 is 6.26. The number of aromatic nitrogens is 2. The van der Waals surface area contributed by atoms with E-state index in [1.165, 1.54) is 6.07 Å². The van der Waals surface area contributed by atoms with E-state index < -0.39 is 27.5 Å². The van der Waals surface area contributed by atoms with Gasteiger partial charge in [0.15, 0.2) is 5.15 Å². The SMILES string of the molecule is CCCCc1nc(Cl)c(CO)n1Cc1ccc(-c2ccccc2S(=O)(=O)NC(=O)CCC(=O)OC(C)(C)C)cc1. The molecule has 3 aromatic rings. The molecule has 0 aliphatic rings. The monoisotopic (exact) mass is 589 g/mol. The number of rotatable bonds is 12. The fourth-order valence-corrected chi connectivity index (χ4v) is 5.65. The first-order valence-corrected chi connectivity index (χ1v) is 15.0. The largest absolute Gasteiger partial charge is 0.460 e. The van der Waals surface area contributed by atoms with Gasteiger partial charge in [0, 0.05) is 24.9 Å². The molecule has 3 rings (SSSR count). The third-order valence-electron chi connectivity index (χ3n) is 6.01. The Kier molecular flexibility index (Phi) is 10.5. The van der Waals surface area contributed by atoms with Crippen molar-refractivity contribution in [3.63, 3.8) is 0 Å². The van der Waals surface area contributed by atoms with E-state index in [-0.39, 0.29) is 29.5 Å². The zero-order valence-corrected chi connectivity index (χ0v) is 24.8. The molecule has 0 radical (unpaired) electrons. The van der Waals surface area contributed by atoms with Crippen molar-refractivity contribution < 1.29 is 27.9 Å². The lowest BCUT2D eigenvalue weighted by Gasteiger charge is -2.19. The van der Waals surface area contributed by atoms with Crippen LogP contribution in [0.25, 0.3) is 11.1 Å². The molecule has 0 saturated heterocycles. The fraction of sp³-hybridized carbons (Fsp3) is 0.414. The molecule has 216 valence electrons. The van der Waals surface area contributed by atoms with E-state index in [2.05, 4.69) is 16.6 Å². The van der Waals surface area contributed by atoms with Gasteiger partial charge in [0.1, 0.15) is 11.4 Å². The van der Waals surface area contributed by atoms with E-state index in [1.807, 2.05) is 16.7 Å². The van der Waals surface area contributed by atoms with Crippen LogP contribution < -0.4 is 4.72 Å². The summed E-state index contributed by atoms with van der Waals surface area (Å²) in [5.74, 6) is -0.575. The van der Waals surface area contributed by atoms with E-state index >= 15 is 0 Å². The van der Waals surface area contributed by atoms with Crippen molar-refractivity contribution in [1.82, 2.24) is 14.3 Å². The maximum Gasteiger partial charge on any atom is 0.306 e. The van der Waals surface area contributed by atoms with Gasteiger partial charge in [0.05, 0.1) is 23.6 Å². The molecule has 0 fully saturated rings. The van der Waals surface area contributed by atoms with Crippen LogP contribution in [0.1, 0.15) is 70.5 Å². The van der Waals surface area contributed by atoms with Crippen LogP contribution in [0.15, 0.2) is 53.4 Å². The number of aliphatic hydroxyl groups is 1. The number of aliphatic hydroxyl groups excluding tert-OH is 1. The Hall–Kier alpha value is -3.21. The smallest absolute Gasteiger partial charge is 0.306 e. The zero-order valence-electron chi connectivity index (χ0n) is 23.2. The standard InChI is InChI=1S/C29H36ClN3O6S/c1-5-6-11-25-31-28(30)23(19-34)33(25)18-20-12-14-21(15-13-20)22-9-7-8-10-24(22)40(37,38)32-26(35)16-17-27(36)39-29(2,3)4/h7-10,12-15,34H,5-6,11,16-19H2,1-4H3,(H,32,35). The number of esters is 1. The Morgan fingerprint density at radius 2 is 1.75 bits per heavy atom. The first-order chi connectivity index (χ1) is 18.8. The molecule has 1 heterocycles. The highest BCUT2D eigenvalue weighted by molar-refractivity contribution is 7.90. The minimum absolute atomic E-state index is 0.0563. The number of carbonyl (C=O) groups excluding carboxylic acids is 2. The van der Waals surface area contributed by atoms with E-state index in [4.69, 9.17) is 16.3 Å². The molecule has 1 aromatic heterocycles. The number of nitrogens with one attached hydrogen (secondary N) is 1. The average Bonchev–Trinajstić information content (AvgIpc) is 3.19. The van der Waals surface area contributed by atoms with Crippen LogP contribution in [-0.2, 0) is 43.9 Å². The predicted octanol–water partition coefficient (Wildman–Crippen LogP) is 5.01. The van der Waals surface area contributed by atoms with E-state index in [9.17, 15) is 23.1 Å². The van der Waals surface area contributed by atoms with Crippen molar-refractivity contribution in [3.05, 3.63) is 70.8 Å². The lowest BCUT2D eigenvalue weighted by atomic mass is 10.0. The van der Waals surface area contributed by atoms with Gasteiger partial charge in [-0.1, -0.05) is 67.4 Å². The number of unbranched alkanes of at least 4 members (excludes halogenated alkanes) is 1.